The molecule has 7 heteroatoms. The van der Waals surface area contributed by atoms with Gasteiger partial charge < -0.3 is 9.64 Å². The minimum atomic E-state index is -0.520. The number of carbonyl (C=O) groups is 3. The summed E-state index contributed by atoms with van der Waals surface area (Å²) in [4.78, 5) is 39.1. The molecular weight excluding hydrogens is 327 g/mol. The van der Waals surface area contributed by atoms with E-state index >= 15 is 0 Å². The maximum absolute atomic E-state index is 13.4. The minimum absolute atomic E-state index is 0.0836. The van der Waals surface area contributed by atoms with Gasteiger partial charge in [0.25, 0.3) is 5.91 Å². The number of likely N-dealkylation sites (tertiary alicyclic amines) is 1. The molecule has 0 aliphatic carbocycles. The molecule has 0 bridgehead atoms. The number of quaternary nitrogens is 1. The Labute approximate surface area is 145 Å². The number of esters is 1. The number of rotatable bonds is 4. The average molecular weight is 349 g/mol. The molecule has 0 aromatic heterocycles. The molecule has 2 heterocycles. The first-order valence-electron chi connectivity index (χ1n) is 8.64. The van der Waals surface area contributed by atoms with E-state index in [2.05, 4.69) is 0 Å². The summed E-state index contributed by atoms with van der Waals surface area (Å²) in [6, 6.07) is 4.96. The van der Waals surface area contributed by atoms with E-state index in [1.54, 1.807) is 13.0 Å². The van der Waals surface area contributed by atoms with E-state index in [1.807, 2.05) is 0 Å². The summed E-state index contributed by atoms with van der Waals surface area (Å²) in [7, 11) is 0. The van der Waals surface area contributed by atoms with Gasteiger partial charge in [0.1, 0.15) is 11.7 Å². The first kappa shape index (κ1) is 17.5. The fourth-order valence-electron chi connectivity index (χ4n) is 3.71. The number of halogens is 1. The Bertz CT molecular complexity index is 693. The number of carbonyl (C=O) groups excluding carboxylic acids is 3. The predicted molar refractivity (Wildman–Crippen MR) is 87.4 cm³/mol. The highest BCUT2D eigenvalue weighted by atomic mass is 19.1. The first-order chi connectivity index (χ1) is 12.0. The third-order valence-electron chi connectivity index (χ3n) is 4.88. The summed E-state index contributed by atoms with van der Waals surface area (Å²) in [5.41, 5.74) is 0.260. The molecule has 1 N–H and O–H groups in total. The largest absolute Gasteiger partial charge is 0.466 e. The van der Waals surface area contributed by atoms with E-state index in [-0.39, 0.29) is 35.8 Å². The maximum atomic E-state index is 13.4. The zero-order chi connectivity index (χ0) is 18.0. The smallest absolute Gasteiger partial charge is 0.314 e. The van der Waals surface area contributed by atoms with Crippen molar-refractivity contribution in [3.8, 4) is 0 Å². The van der Waals surface area contributed by atoms with Gasteiger partial charge in [-0.2, -0.15) is 0 Å². The van der Waals surface area contributed by atoms with Crippen LogP contribution in [0.2, 0.25) is 0 Å². The monoisotopic (exact) mass is 349 g/mol. The van der Waals surface area contributed by atoms with Gasteiger partial charge in [-0.25, -0.2) is 9.29 Å². The Hall–Kier alpha value is -2.28. The molecule has 0 saturated carbocycles. The fraction of sp³-hybridized carbons (Fsp3) is 0.500. The molecule has 0 radical (unpaired) electrons. The van der Waals surface area contributed by atoms with Crippen LogP contribution in [-0.4, -0.2) is 43.5 Å². The Balaban J connectivity index is 1.74. The van der Waals surface area contributed by atoms with E-state index < -0.39 is 11.9 Å². The molecule has 1 unspecified atom stereocenters. The summed E-state index contributed by atoms with van der Waals surface area (Å²) in [6.45, 7) is 3.32. The van der Waals surface area contributed by atoms with E-state index in [4.69, 9.17) is 4.74 Å². The van der Waals surface area contributed by atoms with Crippen molar-refractivity contribution in [1.82, 2.24) is 0 Å². The number of hydrogen-bond donors (Lipinski definition) is 1. The zero-order valence-corrected chi connectivity index (χ0v) is 14.2. The van der Waals surface area contributed by atoms with Crippen LogP contribution in [-0.2, 0) is 19.1 Å². The molecule has 3 rings (SSSR count). The predicted octanol–water partition coefficient (Wildman–Crippen LogP) is 0.316. The van der Waals surface area contributed by atoms with Crippen LogP contribution in [0.4, 0.5) is 10.1 Å². The second-order valence-corrected chi connectivity index (χ2v) is 6.51. The quantitative estimate of drug-likeness (QED) is 0.628. The summed E-state index contributed by atoms with van der Waals surface area (Å²) in [6.07, 6.45) is 1.63. The Morgan fingerprint density at radius 2 is 2.20 bits per heavy atom. The van der Waals surface area contributed by atoms with Crippen molar-refractivity contribution in [2.45, 2.75) is 32.2 Å². The van der Waals surface area contributed by atoms with Gasteiger partial charge in [-0.05, 0) is 38.0 Å². The number of nitrogens with one attached hydrogen (secondary N) is 1. The molecule has 1 aromatic carbocycles. The number of ether oxygens (including phenoxy) is 1. The van der Waals surface area contributed by atoms with Crippen molar-refractivity contribution in [3.63, 3.8) is 0 Å². The van der Waals surface area contributed by atoms with Gasteiger partial charge in [-0.15, -0.1) is 0 Å². The van der Waals surface area contributed by atoms with E-state index in [1.165, 1.54) is 18.2 Å². The molecule has 6 nitrogen and oxygen atoms in total. The molecule has 2 aliphatic heterocycles. The molecule has 2 aliphatic rings. The topological polar surface area (TPSA) is 68.1 Å². The molecule has 1 aromatic rings. The van der Waals surface area contributed by atoms with Crippen molar-refractivity contribution >= 4 is 23.5 Å². The fourth-order valence-corrected chi connectivity index (χ4v) is 3.71. The Kier molecular flexibility index (Phi) is 5.13. The van der Waals surface area contributed by atoms with E-state index in [0.717, 1.165) is 29.2 Å². The van der Waals surface area contributed by atoms with Crippen molar-refractivity contribution in [2.24, 2.45) is 5.92 Å². The summed E-state index contributed by atoms with van der Waals surface area (Å²) >= 11 is 0. The van der Waals surface area contributed by atoms with Gasteiger partial charge >= 0.3 is 5.97 Å². The normalized spacial score (nSPS) is 26.8. The standard InChI is InChI=1S/C18H21FN2O4/c1-2-25-18(24)12-5-4-8-20(11-12)15-10-16(22)21(17(15)23)14-7-3-6-13(19)9-14/h3,6-7,9,12,15H,2,4-5,8,10-11H2,1H3/p+1/t12-,15-/m1/s1. The Morgan fingerprint density at radius 1 is 1.40 bits per heavy atom. The Morgan fingerprint density at radius 3 is 2.92 bits per heavy atom. The zero-order valence-electron chi connectivity index (χ0n) is 14.2. The molecule has 2 saturated heterocycles. The van der Waals surface area contributed by atoms with E-state index in [0.29, 0.717) is 13.2 Å². The number of hydrogen-bond acceptors (Lipinski definition) is 4. The summed E-state index contributed by atoms with van der Waals surface area (Å²) < 4.78 is 18.5. The lowest BCUT2D eigenvalue weighted by atomic mass is 9.96. The molecule has 2 amide bonds. The molecule has 0 spiro atoms. The number of benzene rings is 1. The second-order valence-electron chi connectivity index (χ2n) is 6.51. The lowest BCUT2D eigenvalue weighted by molar-refractivity contribution is -0.922. The number of piperidine rings is 1. The third kappa shape index (κ3) is 3.56. The van der Waals surface area contributed by atoms with Crippen molar-refractivity contribution in [1.29, 1.82) is 0 Å². The molecule has 134 valence electrons. The van der Waals surface area contributed by atoms with E-state index in [9.17, 15) is 18.8 Å². The summed E-state index contributed by atoms with van der Waals surface area (Å²) in [5, 5.41) is 0. The van der Waals surface area contributed by atoms with Crippen LogP contribution >= 0.6 is 0 Å². The van der Waals surface area contributed by atoms with Crippen molar-refractivity contribution in [2.75, 3.05) is 24.6 Å². The van der Waals surface area contributed by atoms with Gasteiger partial charge in [-0.1, -0.05) is 6.07 Å². The number of imide groups is 1. The molecule has 3 atom stereocenters. The number of amides is 2. The first-order valence-corrected chi connectivity index (χ1v) is 8.64. The van der Waals surface area contributed by atoms with Gasteiger partial charge in [0, 0.05) is 0 Å². The highest BCUT2D eigenvalue weighted by Gasteiger charge is 2.47. The van der Waals surface area contributed by atoms with Crippen LogP contribution in [0.25, 0.3) is 0 Å². The van der Waals surface area contributed by atoms with Crippen LogP contribution in [0.3, 0.4) is 0 Å². The van der Waals surface area contributed by atoms with Crippen molar-refractivity contribution in [3.05, 3.63) is 30.1 Å². The lowest BCUT2D eigenvalue weighted by Crippen LogP contribution is -3.18. The second kappa shape index (κ2) is 7.31. The average Bonchev–Trinajstić information content (AvgIpc) is 2.90. The van der Waals surface area contributed by atoms with Gasteiger partial charge in [0.2, 0.25) is 5.91 Å². The minimum Gasteiger partial charge on any atom is -0.466 e. The summed E-state index contributed by atoms with van der Waals surface area (Å²) in [5.74, 6) is -1.62. The third-order valence-corrected chi connectivity index (χ3v) is 4.88. The van der Waals surface area contributed by atoms with Gasteiger partial charge in [-0.3, -0.25) is 14.4 Å². The van der Waals surface area contributed by atoms with Gasteiger partial charge in [0.15, 0.2) is 6.04 Å². The maximum Gasteiger partial charge on any atom is 0.314 e. The van der Waals surface area contributed by atoms with Crippen LogP contribution in [0.1, 0.15) is 26.2 Å². The van der Waals surface area contributed by atoms with Gasteiger partial charge in [0.05, 0.1) is 31.8 Å². The van der Waals surface area contributed by atoms with Crippen molar-refractivity contribution < 1.29 is 28.4 Å². The highest BCUT2D eigenvalue weighted by molar-refractivity contribution is 6.21. The van der Waals surface area contributed by atoms with Crippen LogP contribution in [0.15, 0.2) is 24.3 Å². The SMILES string of the molecule is CCOC(=O)[C@@H]1CCC[NH+]([C@@H]2CC(=O)N(c3cccc(F)c3)C2=O)C1. The number of nitrogens with zero attached hydrogens (tertiary/aromatic N) is 1. The lowest BCUT2D eigenvalue weighted by Gasteiger charge is -2.31. The molecular formula is C18H22FN2O4+. The van der Waals surface area contributed by atoms with Crippen LogP contribution in [0.5, 0.6) is 0 Å². The number of anilines is 1. The highest BCUT2D eigenvalue weighted by Crippen LogP contribution is 2.23. The molecule has 25 heavy (non-hydrogen) atoms. The molecule has 2 fully saturated rings. The van der Waals surface area contributed by atoms with Crippen LogP contribution in [0, 0.1) is 11.7 Å². The van der Waals surface area contributed by atoms with Crippen LogP contribution < -0.4 is 9.80 Å².